The summed E-state index contributed by atoms with van der Waals surface area (Å²) >= 11 is 0. The Bertz CT molecular complexity index is 803. The van der Waals surface area contributed by atoms with Gasteiger partial charge in [0.05, 0.1) is 0 Å². The number of carbonyl (C=O) groups is 2. The molecule has 2 aliphatic heterocycles. The summed E-state index contributed by atoms with van der Waals surface area (Å²) in [6.07, 6.45) is -1.89. The van der Waals surface area contributed by atoms with E-state index in [1.54, 1.807) is 24.3 Å². The Kier molecular flexibility index (Phi) is 2.09. The van der Waals surface area contributed by atoms with E-state index in [0.717, 1.165) is 5.56 Å². The zero-order valence-electron chi connectivity index (χ0n) is 11.8. The minimum absolute atomic E-state index is 0.336. The number of hydrogen-bond acceptors (Lipinski definition) is 6. The Hall–Kier alpha value is -3.02. The summed E-state index contributed by atoms with van der Waals surface area (Å²) in [6.45, 7) is 0. The molecule has 3 aliphatic rings. The summed E-state index contributed by atoms with van der Waals surface area (Å²) in [5.74, 6) is -1.04. The van der Waals surface area contributed by atoms with Gasteiger partial charge < -0.3 is 18.9 Å². The van der Waals surface area contributed by atoms with Crippen LogP contribution in [0.5, 0.6) is 5.75 Å². The van der Waals surface area contributed by atoms with E-state index in [1.165, 1.54) is 0 Å². The molecular weight excluding hydrogens is 300 g/mol. The van der Waals surface area contributed by atoms with E-state index in [0.29, 0.717) is 23.3 Å². The Morgan fingerprint density at radius 1 is 0.783 bits per heavy atom. The normalized spacial score (nSPS) is 29.7. The first-order valence-electron chi connectivity index (χ1n) is 7.15. The number of para-hydroxylation sites is 1. The molecule has 2 atom stereocenters. The molecule has 0 saturated carbocycles. The van der Waals surface area contributed by atoms with Crippen molar-refractivity contribution in [1.29, 1.82) is 0 Å². The zero-order chi connectivity index (χ0) is 15.7. The lowest BCUT2D eigenvalue weighted by Gasteiger charge is -2.33. The number of rotatable bonds is 0. The lowest BCUT2D eigenvalue weighted by atomic mass is 9.87. The van der Waals surface area contributed by atoms with Gasteiger partial charge in [-0.3, -0.25) is 0 Å². The van der Waals surface area contributed by atoms with Gasteiger partial charge in [-0.15, -0.1) is 0 Å². The van der Waals surface area contributed by atoms with Crippen molar-refractivity contribution in [1.82, 2.24) is 0 Å². The van der Waals surface area contributed by atoms with Gasteiger partial charge in [-0.1, -0.05) is 42.5 Å². The van der Waals surface area contributed by atoms with Crippen molar-refractivity contribution in [3.8, 4) is 5.75 Å². The molecule has 2 heterocycles. The van der Waals surface area contributed by atoms with Crippen LogP contribution in [0.25, 0.3) is 0 Å². The first kappa shape index (κ1) is 12.5. The molecule has 23 heavy (non-hydrogen) atoms. The topological polar surface area (TPSA) is 71.1 Å². The Balaban J connectivity index is 1.85. The molecule has 5 rings (SSSR count). The number of benzene rings is 2. The van der Waals surface area contributed by atoms with Crippen molar-refractivity contribution in [2.75, 3.05) is 0 Å². The van der Waals surface area contributed by atoms with Gasteiger partial charge >= 0.3 is 18.1 Å². The van der Waals surface area contributed by atoms with Crippen LogP contribution in [0.3, 0.4) is 0 Å². The summed E-state index contributed by atoms with van der Waals surface area (Å²) in [6, 6.07) is 14.6. The average molecular weight is 310 g/mol. The third kappa shape index (κ3) is 1.34. The van der Waals surface area contributed by atoms with Crippen LogP contribution in [0.15, 0.2) is 48.5 Å². The molecule has 2 unspecified atom stereocenters. The van der Waals surface area contributed by atoms with E-state index in [-0.39, 0.29) is 0 Å². The second-order valence-electron chi connectivity index (χ2n) is 5.68. The quantitative estimate of drug-likeness (QED) is 0.550. The molecule has 0 N–H and O–H groups in total. The summed E-state index contributed by atoms with van der Waals surface area (Å²) in [5.41, 5.74) is 0.923. The van der Waals surface area contributed by atoms with E-state index >= 15 is 0 Å². The van der Waals surface area contributed by atoms with Gasteiger partial charge in [0.15, 0.2) is 0 Å². The first-order valence-corrected chi connectivity index (χ1v) is 7.15. The number of fused-ring (bicyclic) bond motifs is 2. The van der Waals surface area contributed by atoms with Gasteiger partial charge in [-0.25, -0.2) is 9.59 Å². The molecular formula is C17H10O6. The highest BCUT2D eigenvalue weighted by atomic mass is 16.9. The summed E-state index contributed by atoms with van der Waals surface area (Å²) in [5, 5.41) is 0. The van der Waals surface area contributed by atoms with Crippen LogP contribution in [0.2, 0.25) is 0 Å². The molecule has 6 nitrogen and oxygen atoms in total. The SMILES string of the molecule is O=C1OC(=O)OC23Oc4ccccc4C2(Cc2ccccc23)O1. The van der Waals surface area contributed by atoms with Crippen LogP contribution in [0.4, 0.5) is 9.59 Å². The minimum Gasteiger partial charge on any atom is -0.444 e. The van der Waals surface area contributed by atoms with Gasteiger partial charge in [0.25, 0.3) is 0 Å². The fraction of sp³-hybridized carbons (Fsp3) is 0.176. The maximum Gasteiger partial charge on any atom is 0.522 e. The van der Waals surface area contributed by atoms with Gasteiger partial charge in [-0.05, 0) is 11.6 Å². The molecule has 1 saturated heterocycles. The number of hydrogen-bond donors (Lipinski definition) is 0. The molecule has 0 amide bonds. The molecule has 0 spiro atoms. The summed E-state index contributed by atoms with van der Waals surface area (Å²) in [4.78, 5) is 23.8. The van der Waals surface area contributed by atoms with E-state index < -0.39 is 23.7 Å². The lowest BCUT2D eigenvalue weighted by Crippen LogP contribution is -2.49. The number of cyclic esters (lactones) is 2. The van der Waals surface area contributed by atoms with Crippen LogP contribution in [0, 0.1) is 0 Å². The van der Waals surface area contributed by atoms with E-state index in [2.05, 4.69) is 4.74 Å². The van der Waals surface area contributed by atoms with Crippen molar-refractivity contribution in [2.45, 2.75) is 17.8 Å². The highest BCUT2D eigenvalue weighted by Crippen LogP contribution is 2.62. The van der Waals surface area contributed by atoms with Gasteiger partial charge in [-0.2, -0.15) is 0 Å². The van der Waals surface area contributed by atoms with Crippen molar-refractivity contribution in [2.24, 2.45) is 0 Å². The van der Waals surface area contributed by atoms with E-state index in [9.17, 15) is 9.59 Å². The van der Waals surface area contributed by atoms with Crippen molar-refractivity contribution in [3.05, 3.63) is 65.2 Å². The second-order valence-corrected chi connectivity index (χ2v) is 5.68. The van der Waals surface area contributed by atoms with Crippen molar-refractivity contribution in [3.63, 3.8) is 0 Å². The molecule has 0 radical (unpaired) electrons. The molecule has 0 aromatic heterocycles. The Morgan fingerprint density at radius 3 is 2.35 bits per heavy atom. The smallest absolute Gasteiger partial charge is 0.444 e. The van der Waals surface area contributed by atoms with Crippen LogP contribution >= 0.6 is 0 Å². The Labute approximate surface area is 130 Å². The summed E-state index contributed by atoms with van der Waals surface area (Å²) in [7, 11) is 0. The number of ether oxygens (including phenoxy) is 4. The maximum absolute atomic E-state index is 11.9. The molecule has 6 heteroatoms. The highest BCUT2D eigenvalue weighted by molar-refractivity contribution is 5.80. The van der Waals surface area contributed by atoms with Gasteiger partial charge in [0.2, 0.25) is 5.60 Å². The third-order valence-corrected chi connectivity index (χ3v) is 4.57. The van der Waals surface area contributed by atoms with Crippen LogP contribution in [-0.4, -0.2) is 12.3 Å². The molecule has 1 aliphatic carbocycles. The van der Waals surface area contributed by atoms with Crippen molar-refractivity contribution < 1.29 is 28.5 Å². The van der Waals surface area contributed by atoms with Crippen LogP contribution < -0.4 is 4.74 Å². The molecule has 2 aromatic rings. The number of carbonyl (C=O) groups excluding carboxylic acids is 2. The molecule has 1 fully saturated rings. The predicted molar refractivity (Wildman–Crippen MR) is 74.6 cm³/mol. The largest absolute Gasteiger partial charge is 0.522 e. The molecule has 0 bridgehead atoms. The fourth-order valence-corrected chi connectivity index (χ4v) is 3.74. The van der Waals surface area contributed by atoms with Gasteiger partial charge in [0.1, 0.15) is 5.75 Å². The minimum atomic E-state index is -1.56. The molecule has 2 aromatic carbocycles. The highest BCUT2D eigenvalue weighted by Gasteiger charge is 2.73. The fourth-order valence-electron chi connectivity index (χ4n) is 3.74. The average Bonchev–Trinajstić information content (AvgIpc) is 2.88. The monoisotopic (exact) mass is 310 g/mol. The summed E-state index contributed by atoms with van der Waals surface area (Å²) < 4.78 is 21.6. The van der Waals surface area contributed by atoms with Gasteiger partial charge in [0, 0.05) is 17.5 Å². The van der Waals surface area contributed by atoms with E-state index in [1.807, 2.05) is 24.3 Å². The zero-order valence-corrected chi connectivity index (χ0v) is 11.8. The second kappa shape index (κ2) is 3.84. The molecule has 114 valence electrons. The van der Waals surface area contributed by atoms with Crippen LogP contribution in [0.1, 0.15) is 16.7 Å². The first-order chi connectivity index (χ1) is 11.1. The standard InChI is InChI=1S/C17H10O6/c18-14-20-15(19)23-17-11-6-2-1-5-10(11)9-16(17,22-14)12-7-3-4-8-13(12)21-17/h1-8H,9H2. The van der Waals surface area contributed by atoms with Crippen molar-refractivity contribution >= 4 is 12.3 Å². The van der Waals surface area contributed by atoms with E-state index in [4.69, 9.17) is 14.2 Å². The predicted octanol–water partition coefficient (Wildman–Crippen LogP) is 2.99. The Morgan fingerprint density at radius 2 is 1.48 bits per heavy atom. The lowest BCUT2D eigenvalue weighted by molar-refractivity contribution is -0.230. The third-order valence-electron chi connectivity index (χ3n) is 4.57. The van der Waals surface area contributed by atoms with Crippen LogP contribution in [-0.2, 0) is 32.0 Å². The maximum atomic E-state index is 11.9.